The van der Waals surface area contributed by atoms with Crippen molar-refractivity contribution in [2.75, 3.05) is 40.3 Å². The second-order valence-electron chi connectivity index (χ2n) is 5.50. The second-order valence-corrected chi connectivity index (χ2v) is 5.50. The Balaban J connectivity index is 2.41. The van der Waals surface area contributed by atoms with Gasteiger partial charge in [0.1, 0.15) is 5.75 Å². The molecule has 0 spiro atoms. The summed E-state index contributed by atoms with van der Waals surface area (Å²) in [7, 11) is 6.25. The fourth-order valence-electron chi connectivity index (χ4n) is 2.50. The maximum absolute atomic E-state index is 11.7. The summed E-state index contributed by atoms with van der Waals surface area (Å²) >= 11 is 0. The first kappa shape index (κ1) is 20.1. The van der Waals surface area contributed by atoms with E-state index in [1.807, 2.05) is 36.4 Å². The highest BCUT2D eigenvalue weighted by Crippen LogP contribution is 2.38. The Morgan fingerprint density at radius 3 is 2.15 bits per heavy atom. The fraction of sp³-hybridized carbons (Fsp3) is 0.250. The lowest BCUT2D eigenvalue weighted by atomic mass is 10.1. The summed E-state index contributed by atoms with van der Waals surface area (Å²) < 4.78 is 21.3. The third-order valence-corrected chi connectivity index (χ3v) is 3.86. The molecule has 2 rings (SSSR count). The minimum Gasteiger partial charge on any atom is -0.497 e. The summed E-state index contributed by atoms with van der Waals surface area (Å²) in [6, 6.07) is 9.06. The van der Waals surface area contributed by atoms with Crippen LogP contribution in [0.4, 0.5) is 5.69 Å². The fourth-order valence-corrected chi connectivity index (χ4v) is 2.50. The van der Waals surface area contributed by atoms with Crippen LogP contribution in [0, 0.1) is 0 Å². The number of benzene rings is 2. The third kappa shape index (κ3) is 4.92. The molecule has 0 bridgehead atoms. The maximum Gasteiger partial charge on any atom is 0.238 e. The van der Waals surface area contributed by atoms with Gasteiger partial charge in [-0.05, 0) is 35.4 Å². The first-order chi connectivity index (χ1) is 13.1. The van der Waals surface area contributed by atoms with Crippen molar-refractivity contribution in [3.05, 3.63) is 41.5 Å². The van der Waals surface area contributed by atoms with Crippen LogP contribution in [0.15, 0.2) is 30.3 Å². The van der Waals surface area contributed by atoms with Gasteiger partial charge in [-0.1, -0.05) is 12.2 Å². The number of rotatable bonds is 8. The van der Waals surface area contributed by atoms with Gasteiger partial charge in [0.15, 0.2) is 11.5 Å². The number of hydrogen-bond acceptors (Lipinski definition) is 6. The average molecular weight is 372 g/mol. The maximum atomic E-state index is 11.7. The molecule has 0 fully saturated rings. The van der Waals surface area contributed by atoms with E-state index in [0.29, 0.717) is 28.7 Å². The minimum atomic E-state index is -0.286. The number of anilines is 1. The van der Waals surface area contributed by atoms with Gasteiger partial charge in [-0.15, -0.1) is 0 Å². The molecule has 0 heterocycles. The lowest BCUT2D eigenvalue weighted by Crippen LogP contribution is -2.22. The predicted octanol–water partition coefficient (Wildman–Crippen LogP) is 2.79. The Labute approximate surface area is 158 Å². The molecule has 0 aliphatic carbocycles. The second kappa shape index (κ2) is 9.49. The zero-order valence-electron chi connectivity index (χ0n) is 15.9. The van der Waals surface area contributed by atoms with Crippen LogP contribution in [-0.2, 0) is 4.79 Å². The molecule has 3 N–H and O–H groups in total. The number of nitrogens with two attached hydrogens (primary N) is 1. The smallest absolute Gasteiger partial charge is 0.238 e. The Morgan fingerprint density at radius 2 is 1.63 bits per heavy atom. The van der Waals surface area contributed by atoms with Gasteiger partial charge in [0.25, 0.3) is 0 Å². The number of amides is 1. The summed E-state index contributed by atoms with van der Waals surface area (Å²) in [6.07, 6.45) is 3.75. The van der Waals surface area contributed by atoms with Gasteiger partial charge in [0.05, 0.1) is 40.7 Å². The average Bonchev–Trinajstić information content (AvgIpc) is 2.71. The van der Waals surface area contributed by atoms with Crippen LogP contribution in [-0.4, -0.2) is 40.9 Å². The van der Waals surface area contributed by atoms with Crippen molar-refractivity contribution < 1.29 is 23.7 Å². The number of methoxy groups -OCH3 is 4. The van der Waals surface area contributed by atoms with E-state index in [4.69, 9.17) is 24.7 Å². The first-order valence-corrected chi connectivity index (χ1v) is 8.22. The summed E-state index contributed by atoms with van der Waals surface area (Å²) in [5.41, 5.74) is 7.64. The molecule has 0 aromatic heterocycles. The van der Waals surface area contributed by atoms with Crippen LogP contribution in [0.25, 0.3) is 12.2 Å². The monoisotopic (exact) mass is 372 g/mol. The van der Waals surface area contributed by atoms with Gasteiger partial charge < -0.3 is 30.0 Å². The summed E-state index contributed by atoms with van der Waals surface area (Å²) in [5.74, 6) is 1.99. The van der Waals surface area contributed by atoms with Gasteiger partial charge in [-0.2, -0.15) is 0 Å². The van der Waals surface area contributed by atoms with E-state index in [9.17, 15) is 4.79 Å². The molecule has 0 saturated carbocycles. The highest BCUT2D eigenvalue weighted by molar-refractivity contribution is 5.95. The normalized spacial score (nSPS) is 10.6. The molecular weight excluding hydrogens is 348 g/mol. The molecule has 0 aliphatic heterocycles. The van der Waals surface area contributed by atoms with Gasteiger partial charge in [-0.25, -0.2) is 0 Å². The Bertz CT molecular complexity index is 808. The SMILES string of the molecule is COc1ccc(/C=C/c2cc(OC)c(OC)c(OC)c2)c(NC(=O)CN)c1. The van der Waals surface area contributed by atoms with Crippen LogP contribution in [0.1, 0.15) is 11.1 Å². The van der Waals surface area contributed by atoms with Crippen molar-refractivity contribution in [1.29, 1.82) is 0 Å². The molecule has 7 heteroatoms. The zero-order valence-corrected chi connectivity index (χ0v) is 15.9. The number of nitrogens with one attached hydrogen (secondary N) is 1. The molecule has 0 unspecified atom stereocenters. The minimum absolute atomic E-state index is 0.104. The van der Waals surface area contributed by atoms with E-state index in [0.717, 1.165) is 11.1 Å². The van der Waals surface area contributed by atoms with E-state index < -0.39 is 0 Å². The van der Waals surface area contributed by atoms with Crippen molar-refractivity contribution >= 4 is 23.7 Å². The Morgan fingerprint density at radius 1 is 0.963 bits per heavy atom. The molecule has 2 aromatic rings. The molecule has 0 radical (unpaired) electrons. The van der Waals surface area contributed by atoms with Crippen LogP contribution in [0.2, 0.25) is 0 Å². The topological polar surface area (TPSA) is 92.0 Å². The lowest BCUT2D eigenvalue weighted by Gasteiger charge is -2.13. The molecule has 27 heavy (non-hydrogen) atoms. The van der Waals surface area contributed by atoms with Gasteiger partial charge in [-0.3, -0.25) is 4.79 Å². The Hall–Kier alpha value is -3.19. The van der Waals surface area contributed by atoms with E-state index in [-0.39, 0.29) is 12.5 Å². The third-order valence-electron chi connectivity index (χ3n) is 3.86. The van der Waals surface area contributed by atoms with E-state index >= 15 is 0 Å². The molecule has 7 nitrogen and oxygen atoms in total. The van der Waals surface area contributed by atoms with E-state index in [1.54, 1.807) is 34.5 Å². The largest absolute Gasteiger partial charge is 0.497 e. The molecule has 0 saturated heterocycles. The zero-order chi connectivity index (χ0) is 19.8. The quantitative estimate of drug-likeness (QED) is 0.693. The van der Waals surface area contributed by atoms with Crippen LogP contribution in [0.3, 0.4) is 0 Å². The number of carbonyl (C=O) groups is 1. The van der Waals surface area contributed by atoms with Gasteiger partial charge in [0.2, 0.25) is 11.7 Å². The number of carbonyl (C=O) groups excluding carboxylic acids is 1. The van der Waals surface area contributed by atoms with Crippen molar-refractivity contribution in [2.24, 2.45) is 5.73 Å². The molecule has 144 valence electrons. The molecule has 0 aliphatic rings. The summed E-state index contributed by atoms with van der Waals surface area (Å²) in [6.45, 7) is -0.104. The molecular formula is C20H24N2O5. The summed E-state index contributed by atoms with van der Waals surface area (Å²) in [5, 5.41) is 2.77. The van der Waals surface area contributed by atoms with Crippen molar-refractivity contribution in [3.63, 3.8) is 0 Å². The highest BCUT2D eigenvalue weighted by Gasteiger charge is 2.12. The first-order valence-electron chi connectivity index (χ1n) is 8.22. The van der Waals surface area contributed by atoms with Crippen LogP contribution < -0.4 is 30.0 Å². The highest BCUT2D eigenvalue weighted by atomic mass is 16.5. The Kier molecular flexibility index (Phi) is 7.08. The standard InChI is InChI=1S/C20H24N2O5/c1-24-15-8-7-14(16(11-15)22-19(23)12-21)6-5-13-9-17(25-2)20(27-4)18(10-13)26-3/h5-11H,12,21H2,1-4H3,(H,22,23)/b6-5+. The van der Waals surface area contributed by atoms with E-state index in [1.165, 1.54) is 0 Å². The molecule has 0 atom stereocenters. The van der Waals surface area contributed by atoms with Gasteiger partial charge in [0, 0.05) is 6.07 Å². The molecule has 2 aromatic carbocycles. The lowest BCUT2D eigenvalue weighted by molar-refractivity contribution is -0.114. The van der Waals surface area contributed by atoms with Crippen LogP contribution >= 0.6 is 0 Å². The predicted molar refractivity (Wildman–Crippen MR) is 106 cm³/mol. The van der Waals surface area contributed by atoms with Crippen LogP contribution in [0.5, 0.6) is 23.0 Å². The van der Waals surface area contributed by atoms with Crippen molar-refractivity contribution in [1.82, 2.24) is 0 Å². The molecule has 1 amide bonds. The summed E-state index contributed by atoms with van der Waals surface area (Å²) in [4.78, 5) is 11.7. The van der Waals surface area contributed by atoms with Crippen molar-refractivity contribution in [3.8, 4) is 23.0 Å². The van der Waals surface area contributed by atoms with Crippen molar-refractivity contribution in [2.45, 2.75) is 0 Å². The van der Waals surface area contributed by atoms with Gasteiger partial charge >= 0.3 is 0 Å². The number of ether oxygens (including phenoxy) is 4. The van der Waals surface area contributed by atoms with E-state index in [2.05, 4.69) is 5.32 Å². The number of hydrogen-bond donors (Lipinski definition) is 2.